The summed E-state index contributed by atoms with van der Waals surface area (Å²) in [7, 11) is 4.01. The molecular weight excluding hydrogens is 332 g/mol. The second-order valence-electron chi connectivity index (χ2n) is 6.20. The van der Waals surface area contributed by atoms with Crippen LogP contribution in [0, 0.1) is 13.8 Å². The third-order valence-electron chi connectivity index (χ3n) is 4.10. The first-order chi connectivity index (χ1) is 11.9. The van der Waals surface area contributed by atoms with Crippen molar-refractivity contribution in [2.45, 2.75) is 38.4 Å². The van der Waals surface area contributed by atoms with Crippen LogP contribution in [-0.4, -0.2) is 36.2 Å². The molecule has 1 aromatic heterocycles. The van der Waals surface area contributed by atoms with E-state index in [1.54, 1.807) is 0 Å². The summed E-state index contributed by atoms with van der Waals surface area (Å²) < 4.78 is 0. The summed E-state index contributed by atoms with van der Waals surface area (Å²) in [5, 5.41) is 3.78. The minimum absolute atomic E-state index is 0.0444. The molecule has 0 fully saturated rings. The molecule has 134 valence electrons. The molecule has 0 atom stereocenters. The van der Waals surface area contributed by atoms with Gasteiger partial charge in [0.05, 0.1) is 0 Å². The van der Waals surface area contributed by atoms with E-state index in [0.29, 0.717) is 19.4 Å². The molecule has 0 bridgehead atoms. The molecule has 1 heterocycles. The van der Waals surface area contributed by atoms with Crippen molar-refractivity contribution in [1.82, 2.24) is 15.3 Å². The third-order valence-corrected chi connectivity index (χ3v) is 4.65. The molecular formula is C19H26N4OS. The highest BCUT2D eigenvalue weighted by atomic mass is 32.2. The van der Waals surface area contributed by atoms with E-state index in [4.69, 9.17) is 0 Å². The average Bonchev–Trinajstić information content (AvgIpc) is 2.59. The Morgan fingerprint density at radius 3 is 2.48 bits per heavy atom. The number of carbonyl (C=O) groups excluding carboxylic acids is 1. The van der Waals surface area contributed by atoms with Crippen molar-refractivity contribution in [3.05, 3.63) is 46.8 Å². The molecule has 6 heteroatoms. The van der Waals surface area contributed by atoms with Crippen LogP contribution < -0.4 is 10.2 Å². The number of hydrogen-bond donors (Lipinski definition) is 1. The van der Waals surface area contributed by atoms with Crippen LogP contribution in [0.25, 0.3) is 0 Å². The first kappa shape index (κ1) is 19.2. The maximum absolute atomic E-state index is 12.2. The second-order valence-corrected chi connectivity index (χ2v) is 6.97. The molecule has 1 aromatic carbocycles. The summed E-state index contributed by atoms with van der Waals surface area (Å²) in [6, 6.07) is 8.17. The predicted octanol–water partition coefficient (Wildman–Crippen LogP) is 3.13. The van der Waals surface area contributed by atoms with Crippen molar-refractivity contribution in [3.8, 4) is 0 Å². The van der Waals surface area contributed by atoms with Crippen molar-refractivity contribution in [2.24, 2.45) is 0 Å². The fourth-order valence-corrected chi connectivity index (χ4v) is 3.09. The highest BCUT2D eigenvalue weighted by molar-refractivity contribution is 7.98. The van der Waals surface area contributed by atoms with E-state index in [0.717, 1.165) is 33.4 Å². The number of aromatic nitrogens is 2. The normalized spacial score (nSPS) is 10.6. The van der Waals surface area contributed by atoms with Crippen LogP contribution in [-0.2, 0) is 17.8 Å². The van der Waals surface area contributed by atoms with Gasteiger partial charge in [0.1, 0.15) is 0 Å². The number of anilines is 1. The lowest BCUT2D eigenvalue weighted by Gasteiger charge is -2.14. The van der Waals surface area contributed by atoms with Gasteiger partial charge in [0.15, 0.2) is 5.16 Å². The minimum Gasteiger partial charge on any atom is -0.378 e. The van der Waals surface area contributed by atoms with Gasteiger partial charge in [-0.05, 0) is 49.8 Å². The van der Waals surface area contributed by atoms with E-state index in [-0.39, 0.29) is 5.91 Å². The van der Waals surface area contributed by atoms with Crippen LogP contribution in [0.4, 0.5) is 5.69 Å². The number of benzene rings is 1. The monoisotopic (exact) mass is 358 g/mol. The van der Waals surface area contributed by atoms with Gasteiger partial charge in [0.2, 0.25) is 5.91 Å². The van der Waals surface area contributed by atoms with Gasteiger partial charge in [-0.2, -0.15) is 0 Å². The molecule has 0 aliphatic rings. The largest absolute Gasteiger partial charge is 0.378 e. The zero-order valence-corrected chi connectivity index (χ0v) is 16.4. The van der Waals surface area contributed by atoms with E-state index in [1.807, 2.05) is 46.3 Å². The first-order valence-corrected chi connectivity index (χ1v) is 9.54. The zero-order chi connectivity index (χ0) is 18.4. The van der Waals surface area contributed by atoms with Crippen molar-refractivity contribution in [2.75, 3.05) is 25.3 Å². The topological polar surface area (TPSA) is 58.1 Å². The Morgan fingerprint density at radius 2 is 1.88 bits per heavy atom. The number of nitrogens with one attached hydrogen (secondary N) is 1. The molecule has 1 amide bonds. The zero-order valence-electron chi connectivity index (χ0n) is 15.6. The minimum atomic E-state index is 0.0444. The third kappa shape index (κ3) is 5.46. The molecule has 1 N–H and O–H groups in total. The molecule has 0 aliphatic heterocycles. The van der Waals surface area contributed by atoms with E-state index in [1.165, 1.54) is 11.8 Å². The van der Waals surface area contributed by atoms with E-state index in [9.17, 15) is 4.79 Å². The molecule has 0 aliphatic carbocycles. The number of nitrogens with zero attached hydrogens (tertiary/aromatic N) is 3. The Hall–Kier alpha value is -2.08. The number of rotatable bonds is 7. The first-order valence-electron chi connectivity index (χ1n) is 8.31. The van der Waals surface area contributed by atoms with Gasteiger partial charge < -0.3 is 10.2 Å². The van der Waals surface area contributed by atoms with Gasteiger partial charge in [-0.3, -0.25) is 4.79 Å². The summed E-state index contributed by atoms with van der Waals surface area (Å²) in [6.07, 6.45) is 3.07. The smallest absolute Gasteiger partial charge is 0.220 e. The van der Waals surface area contributed by atoms with Crippen LogP contribution in [0.3, 0.4) is 0 Å². The molecule has 2 aromatic rings. The second kappa shape index (κ2) is 8.85. The van der Waals surface area contributed by atoms with Crippen LogP contribution in [0.1, 0.15) is 28.9 Å². The Bertz CT molecular complexity index is 723. The highest BCUT2D eigenvalue weighted by Crippen LogP contribution is 2.17. The van der Waals surface area contributed by atoms with Crippen LogP contribution in [0.15, 0.2) is 29.4 Å². The quantitative estimate of drug-likeness (QED) is 0.609. The fourth-order valence-electron chi connectivity index (χ4n) is 2.63. The summed E-state index contributed by atoms with van der Waals surface area (Å²) in [5.74, 6) is 0.0444. The Morgan fingerprint density at radius 1 is 1.20 bits per heavy atom. The lowest BCUT2D eigenvalue weighted by Crippen LogP contribution is -2.23. The Kier molecular flexibility index (Phi) is 6.82. The summed E-state index contributed by atoms with van der Waals surface area (Å²) in [6.45, 7) is 4.50. The van der Waals surface area contributed by atoms with Gasteiger partial charge in [0, 0.05) is 44.1 Å². The number of thioether (sulfide) groups is 1. The standard InChI is InChI=1S/C19H26N4OS/c1-13-17(14(2)22-19(21-13)25-5)9-10-18(24)20-12-15-7-6-8-16(11-15)23(3)4/h6-8,11H,9-10,12H2,1-5H3,(H,20,24). The Balaban J connectivity index is 1.90. The lowest BCUT2D eigenvalue weighted by molar-refractivity contribution is -0.121. The molecule has 25 heavy (non-hydrogen) atoms. The lowest BCUT2D eigenvalue weighted by atomic mass is 10.1. The van der Waals surface area contributed by atoms with Crippen molar-refractivity contribution in [3.63, 3.8) is 0 Å². The Labute approximate surface area is 154 Å². The molecule has 0 unspecified atom stereocenters. The highest BCUT2D eigenvalue weighted by Gasteiger charge is 2.10. The maximum Gasteiger partial charge on any atom is 0.220 e. The number of hydrogen-bond acceptors (Lipinski definition) is 5. The summed E-state index contributed by atoms with van der Waals surface area (Å²) in [5.41, 5.74) is 5.22. The summed E-state index contributed by atoms with van der Waals surface area (Å²) in [4.78, 5) is 23.2. The van der Waals surface area contributed by atoms with Crippen molar-refractivity contribution in [1.29, 1.82) is 0 Å². The molecule has 5 nitrogen and oxygen atoms in total. The predicted molar refractivity (Wildman–Crippen MR) is 104 cm³/mol. The van der Waals surface area contributed by atoms with Gasteiger partial charge in [0.25, 0.3) is 0 Å². The SMILES string of the molecule is CSc1nc(C)c(CCC(=O)NCc2cccc(N(C)C)c2)c(C)n1. The van der Waals surface area contributed by atoms with Gasteiger partial charge in [-0.15, -0.1) is 0 Å². The fraction of sp³-hybridized carbons (Fsp3) is 0.421. The van der Waals surface area contributed by atoms with Crippen LogP contribution >= 0.6 is 11.8 Å². The average molecular weight is 359 g/mol. The van der Waals surface area contributed by atoms with E-state index >= 15 is 0 Å². The molecule has 0 radical (unpaired) electrons. The molecule has 0 saturated carbocycles. The van der Waals surface area contributed by atoms with Crippen LogP contribution in [0.5, 0.6) is 0 Å². The van der Waals surface area contributed by atoms with E-state index < -0.39 is 0 Å². The van der Waals surface area contributed by atoms with Gasteiger partial charge in [-0.25, -0.2) is 9.97 Å². The number of carbonyl (C=O) groups is 1. The molecule has 0 saturated heterocycles. The van der Waals surface area contributed by atoms with Gasteiger partial charge >= 0.3 is 0 Å². The molecule has 0 spiro atoms. The van der Waals surface area contributed by atoms with E-state index in [2.05, 4.69) is 32.3 Å². The van der Waals surface area contributed by atoms with Gasteiger partial charge in [-0.1, -0.05) is 23.9 Å². The van der Waals surface area contributed by atoms with Crippen LogP contribution in [0.2, 0.25) is 0 Å². The maximum atomic E-state index is 12.2. The molecule has 2 rings (SSSR count). The van der Waals surface area contributed by atoms with Crippen molar-refractivity contribution >= 4 is 23.4 Å². The van der Waals surface area contributed by atoms with Crippen molar-refractivity contribution < 1.29 is 4.79 Å². The number of amides is 1. The number of aryl methyl sites for hydroxylation is 2. The summed E-state index contributed by atoms with van der Waals surface area (Å²) >= 11 is 1.53.